The molecule has 1 unspecified atom stereocenters. The van der Waals surface area contributed by atoms with Crippen LogP contribution in [0.1, 0.15) is 30.6 Å². The first-order valence-electron chi connectivity index (χ1n) is 5.99. The van der Waals surface area contributed by atoms with Crippen LogP contribution in [-0.2, 0) is 12.8 Å². The minimum Gasteiger partial charge on any atom is -0.339 e. The van der Waals surface area contributed by atoms with Crippen molar-refractivity contribution in [2.24, 2.45) is 5.73 Å². The number of aromatic nitrogens is 2. The molecular weight excluding hydrogens is 233 g/mol. The van der Waals surface area contributed by atoms with Crippen LogP contribution >= 0.6 is 0 Å². The second-order valence-electron chi connectivity index (χ2n) is 4.28. The van der Waals surface area contributed by atoms with Gasteiger partial charge in [-0.15, -0.1) is 0 Å². The van der Waals surface area contributed by atoms with Crippen molar-refractivity contribution in [1.82, 2.24) is 10.1 Å². The first-order valence-corrected chi connectivity index (χ1v) is 5.99. The minimum absolute atomic E-state index is 0.0347. The van der Waals surface area contributed by atoms with E-state index in [0.717, 1.165) is 12.0 Å². The fourth-order valence-electron chi connectivity index (χ4n) is 1.64. The molecule has 0 saturated carbocycles. The minimum atomic E-state index is -0.260. The van der Waals surface area contributed by atoms with Gasteiger partial charge >= 0.3 is 0 Å². The molecule has 96 valence electrons. The molecule has 0 amide bonds. The van der Waals surface area contributed by atoms with E-state index in [1.165, 1.54) is 12.1 Å². The van der Waals surface area contributed by atoms with Crippen molar-refractivity contribution < 1.29 is 8.91 Å². The van der Waals surface area contributed by atoms with Gasteiger partial charge in [-0.25, -0.2) is 4.39 Å². The summed E-state index contributed by atoms with van der Waals surface area (Å²) in [5.41, 5.74) is 6.63. The summed E-state index contributed by atoms with van der Waals surface area (Å²) in [7, 11) is 0. The normalized spacial score (nSPS) is 12.6. The number of halogens is 1. The van der Waals surface area contributed by atoms with Gasteiger partial charge in [-0.3, -0.25) is 0 Å². The van der Waals surface area contributed by atoms with Gasteiger partial charge in [0.2, 0.25) is 5.89 Å². The van der Waals surface area contributed by atoms with Crippen molar-refractivity contribution in [1.29, 1.82) is 0 Å². The van der Waals surface area contributed by atoms with Gasteiger partial charge in [-0.1, -0.05) is 24.2 Å². The molecule has 1 aromatic carbocycles. The van der Waals surface area contributed by atoms with Crippen LogP contribution in [0.5, 0.6) is 0 Å². The Morgan fingerprint density at radius 2 is 2.28 bits per heavy atom. The lowest BCUT2D eigenvalue weighted by molar-refractivity contribution is 0.363. The molecule has 2 N–H and O–H groups in total. The molecule has 0 aliphatic heterocycles. The van der Waals surface area contributed by atoms with E-state index in [2.05, 4.69) is 10.1 Å². The average molecular weight is 249 g/mol. The summed E-state index contributed by atoms with van der Waals surface area (Å²) in [6.07, 6.45) is 1.90. The molecule has 1 aromatic heterocycles. The third kappa shape index (κ3) is 3.37. The molecule has 2 aromatic rings. The van der Waals surface area contributed by atoms with E-state index >= 15 is 0 Å². The van der Waals surface area contributed by atoms with Crippen LogP contribution in [0.25, 0.3) is 0 Å². The molecule has 0 aliphatic rings. The topological polar surface area (TPSA) is 64.9 Å². The molecule has 0 spiro atoms. The van der Waals surface area contributed by atoms with Crippen molar-refractivity contribution in [2.45, 2.75) is 32.2 Å². The van der Waals surface area contributed by atoms with E-state index in [4.69, 9.17) is 10.3 Å². The van der Waals surface area contributed by atoms with Crippen molar-refractivity contribution in [3.8, 4) is 0 Å². The lowest BCUT2D eigenvalue weighted by atomic mass is 10.1. The standard InChI is InChI=1S/C13H16FN3O/c1-2-11(15)8-13-16-12(17-18-13)7-9-4-3-5-10(14)6-9/h3-6,11H,2,7-8,15H2,1H3. The summed E-state index contributed by atoms with van der Waals surface area (Å²) in [5, 5.41) is 3.86. The Balaban J connectivity index is 2.02. The SMILES string of the molecule is CCC(N)Cc1nc(Cc2cccc(F)c2)no1. The summed E-state index contributed by atoms with van der Waals surface area (Å²) >= 11 is 0. The highest BCUT2D eigenvalue weighted by atomic mass is 19.1. The lowest BCUT2D eigenvalue weighted by Crippen LogP contribution is -2.21. The molecule has 4 nitrogen and oxygen atoms in total. The Morgan fingerprint density at radius 1 is 1.44 bits per heavy atom. The Labute approximate surface area is 105 Å². The van der Waals surface area contributed by atoms with E-state index in [1.54, 1.807) is 6.07 Å². The molecule has 0 radical (unpaired) electrons. The van der Waals surface area contributed by atoms with Crippen molar-refractivity contribution in [3.05, 3.63) is 47.4 Å². The van der Waals surface area contributed by atoms with E-state index in [-0.39, 0.29) is 11.9 Å². The van der Waals surface area contributed by atoms with Gasteiger partial charge in [0, 0.05) is 18.9 Å². The molecule has 0 saturated heterocycles. The molecule has 1 atom stereocenters. The Kier molecular flexibility index (Phi) is 4.04. The molecule has 2 rings (SSSR count). The quantitative estimate of drug-likeness (QED) is 0.881. The monoisotopic (exact) mass is 249 g/mol. The van der Waals surface area contributed by atoms with Crippen LogP contribution in [0.3, 0.4) is 0 Å². The van der Waals surface area contributed by atoms with Gasteiger partial charge in [-0.2, -0.15) is 4.98 Å². The van der Waals surface area contributed by atoms with Crippen molar-refractivity contribution in [2.75, 3.05) is 0 Å². The van der Waals surface area contributed by atoms with Crippen LogP contribution < -0.4 is 5.73 Å². The van der Waals surface area contributed by atoms with E-state index in [9.17, 15) is 4.39 Å². The molecule has 5 heteroatoms. The van der Waals surface area contributed by atoms with Gasteiger partial charge in [-0.05, 0) is 24.1 Å². The maximum absolute atomic E-state index is 13.0. The summed E-state index contributed by atoms with van der Waals surface area (Å²) in [6.45, 7) is 2.01. The van der Waals surface area contributed by atoms with E-state index in [1.807, 2.05) is 13.0 Å². The fourth-order valence-corrected chi connectivity index (χ4v) is 1.64. The molecule has 0 bridgehead atoms. The second-order valence-corrected chi connectivity index (χ2v) is 4.28. The molecule has 0 aliphatic carbocycles. The van der Waals surface area contributed by atoms with Gasteiger partial charge in [0.15, 0.2) is 5.82 Å². The van der Waals surface area contributed by atoms with Crippen LogP contribution in [0.2, 0.25) is 0 Å². The third-order valence-electron chi connectivity index (χ3n) is 2.72. The van der Waals surface area contributed by atoms with Crippen molar-refractivity contribution >= 4 is 0 Å². The number of hydrogen-bond donors (Lipinski definition) is 1. The summed E-state index contributed by atoms with van der Waals surface area (Å²) in [4.78, 5) is 4.24. The van der Waals surface area contributed by atoms with Gasteiger partial charge in [0.25, 0.3) is 0 Å². The number of hydrogen-bond acceptors (Lipinski definition) is 4. The number of benzene rings is 1. The lowest BCUT2D eigenvalue weighted by Gasteiger charge is -2.02. The highest BCUT2D eigenvalue weighted by Gasteiger charge is 2.10. The summed E-state index contributed by atoms with van der Waals surface area (Å²) in [5.74, 6) is 0.832. The Morgan fingerprint density at radius 3 is 3.00 bits per heavy atom. The highest BCUT2D eigenvalue weighted by Crippen LogP contribution is 2.09. The highest BCUT2D eigenvalue weighted by molar-refractivity contribution is 5.19. The zero-order chi connectivity index (χ0) is 13.0. The van der Waals surface area contributed by atoms with E-state index < -0.39 is 0 Å². The average Bonchev–Trinajstić information content (AvgIpc) is 2.76. The zero-order valence-corrected chi connectivity index (χ0v) is 10.3. The molecule has 0 fully saturated rings. The predicted molar refractivity (Wildman–Crippen MR) is 65.5 cm³/mol. The van der Waals surface area contributed by atoms with E-state index in [0.29, 0.717) is 24.6 Å². The fraction of sp³-hybridized carbons (Fsp3) is 0.385. The number of nitrogens with zero attached hydrogens (tertiary/aromatic N) is 2. The predicted octanol–water partition coefficient (Wildman–Crippen LogP) is 2.08. The maximum atomic E-state index is 13.0. The van der Waals surface area contributed by atoms with Crippen molar-refractivity contribution in [3.63, 3.8) is 0 Å². The van der Waals surface area contributed by atoms with Gasteiger partial charge in [0.05, 0.1) is 0 Å². The van der Waals surface area contributed by atoms with Crippen LogP contribution in [0.15, 0.2) is 28.8 Å². The zero-order valence-electron chi connectivity index (χ0n) is 10.3. The molecular formula is C13H16FN3O. The Bertz CT molecular complexity index is 512. The summed E-state index contributed by atoms with van der Waals surface area (Å²) in [6, 6.07) is 6.40. The van der Waals surface area contributed by atoms with Gasteiger partial charge < -0.3 is 10.3 Å². The van der Waals surface area contributed by atoms with Gasteiger partial charge in [0.1, 0.15) is 5.82 Å². The first kappa shape index (κ1) is 12.7. The molecule has 1 heterocycles. The first-order chi connectivity index (χ1) is 8.67. The molecule has 18 heavy (non-hydrogen) atoms. The van der Waals surface area contributed by atoms with Crippen LogP contribution in [0.4, 0.5) is 4.39 Å². The number of rotatable bonds is 5. The van der Waals surface area contributed by atoms with Crippen LogP contribution in [0, 0.1) is 5.82 Å². The maximum Gasteiger partial charge on any atom is 0.228 e. The largest absolute Gasteiger partial charge is 0.339 e. The number of nitrogens with two attached hydrogens (primary N) is 1. The second kappa shape index (κ2) is 5.73. The summed E-state index contributed by atoms with van der Waals surface area (Å²) < 4.78 is 18.1. The third-order valence-corrected chi connectivity index (χ3v) is 2.72. The van der Waals surface area contributed by atoms with Crippen LogP contribution in [-0.4, -0.2) is 16.2 Å². The Hall–Kier alpha value is -1.75. The smallest absolute Gasteiger partial charge is 0.228 e.